The molecule has 5 nitrogen and oxygen atoms in total. The van der Waals surface area contributed by atoms with Crippen molar-refractivity contribution in [3.8, 4) is 11.1 Å². The van der Waals surface area contributed by atoms with E-state index in [4.69, 9.17) is 4.52 Å². The Bertz CT molecular complexity index is 950. The lowest BCUT2D eigenvalue weighted by molar-refractivity contribution is 0.393. The summed E-state index contributed by atoms with van der Waals surface area (Å²) in [6.07, 6.45) is 1.71. The van der Waals surface area contributed by atoms with Crippen LogP contribution in [0.1, 0.15) is 18.9 Å². The van der Waals surface area contributed by atoms with Crippen molar-refractivity contribution < 1.29 is 4.52 Å². The van der Waals surface area contributed by atoms with Gasteiger partial charge in [0.05, 0.1) is 23.2 Å². The van der Waals surface area contributed by atoms with Crippen LogP contribution in [0.3, 0.4) is 0 Å². The van der Waals surface area contributed by atoms with Gasteiger partial charge in [0.15, 0.2) is 0 Å². The van der Waals surface area contributed by atoms with Gasteiger partial charge in [-0.05, 0) is 43.7 Å². The lowest BCUT2D eigenvalue weighted by Crippen LogP contribution is -1.93. The van der Waals surface area contributed by atoms with Crippen LogP contribution >= 0.6 is 0 Å². The first kappa shape index (κ1) is 15.8. The number of hydrogen-bond acceptors (Lipinski definition) is 4. The largest absolute Gasteiger partial charge is 0.361 e. The van der Waals surface area contributed by atoms with Crippen LogP contribution < -0.4 is 5.32 Å². The summed E-state index contributed by atoms with van der Waals surface area (Å²) in [5.74, 6) is 0.812. The molecule has 0 unspecified atom stereocenters. The van der Waals surface area contributed by atoms with E-state index < -0.39 is 0 Å². The number of para-hydroxylation sites is 1. The van der Waals surface area contributed by atoms with Gasteiger partial charge in [-0.1, -0.05) is 30.8 Å². The normalized spacial score (nSPS) is 10.6. The summed E-state index contributed by atoms with van der Waals surface area (Å²) < 4.78 is 5.31. The fourth-order valence-corrected chi connectivity index (χ4v) is 2.86. The molecule has 0 spiro atoms. The number of imidazole rings is 1. The molecule has 5 heteroatoms. The zero-order chi connectivity index (χ0) is 15.8. The molecule has 0 saturated carbocycles. The molecule has 24 heavy (non-hydrogen) atoms. The fourth-order valence-electron chi connectivity index (χ4n) is 2.86. The number of aryl methyl sites for hydroxylation is 2. The topological polar surface area (TPSA) is 66.7 Å². The van der Waals surface area contributed by atoms with Gasteiger partial charge in [0.1, 0.15) is 11.3 Å². The molecule has 0 amide bonds. The monoisotopic (exact) mass is 320 g/mol. The Kier molecular flexibility index (Phi) is 4.08. The average molecular weight is 320 g/mol. The highest BCUT2D eigenvalue weighted by molar-refractivity contribution is 5.94. The molecule has 0 fully saturated rings. The quantitative estimate of drug-likeness (QED) is 0.543. The molecular formula is C19H20N4O. The van der Waals surface area contributed by atoms with Crippen molar-refractivity contribution >= 4 is 22.4 Å². The van der Waals surface area contributed by atoms with E-state index in [2.05, 4.69) is 32.6 Å². The molecule has 0 atom stereocenters. The Hall–Kier alpha value is -3.08. The summed E-state index contributed by atoms with van der Waals surface area (Å²) in [6.45, 7) is 3.88. The summed E-state index contributed by atoms with van der Waals surface area (Å²) in [7, 11) is 0. The summed E-state index contributed by atoms with van der Waals surface area (Å²) in [5.41, 5.74) is 6.81. The third-order valence-electron chi connectivity index (χ3n) is 3.90. The summed E-state index contributed by atoms with van der Waals surface area (Å²) >= 11 is 0. The molecule has 0 bridgehead atoms. The molecule has 0 aliphatic carbocycles. The fraction of sp³-hybridized carbons (Fsp3) is 0.158. The smallest absolute Gasteiger partial charge is 0.141 e. The second-order valence-corrected chi connectivity index (χ2v) is 5.51. The minimum Gasteiger partial charge on any atom is -0.361 e. The number of nitrogens with one attached hydrogen (secondary N) is 2. The van der Waals surface area contributed by atoms with Gasteiger partial charge < -0.3 is 14.8 Å². The van der Waals surface area contributed by atoms with Crippen molar-refractivity contribution in [2.24, 2.45) is 0 Å². The maximum atomic E-state index is 5.31. The molecule has 0 aliphatic rings. The van der Waals surface area contributed by atoms with Gasteiger partial charge in [0, 0.05) is 11.3 Å². The maximum absolute atomic E-state index is 5.31. The van der Waals surface area contributed by atoms with Crippen molar-refractivity contribution in [1.29, 1.82) is 0 Å². The van der Waals surface area contributed by atoms with Crippen LogP contribution in [0.2, 0.25) is 0 Å². The Morgan fingerprint density at radius 1 is 1.08 bits per heavy atom. The van der Waals surface area contributed by atoms with Gasteiger partial charge in [-0.3, -0.25) is 0 Å². The molecular weight excluding hydrogens is 300 g/mol. The van der Waals surface area contributed by atoms with Gasteiger partial charge >= 0.3 is 0 Å². The summed E-state index contributed by atoms with van der Waals surface area (Å²) in [4.78, 5) is 7.61. The molecule has 2 heterocycles. The number of anilines is 2. The highest BCUT2D eigenvalue weighted by atomic mass is 16.5. The summed E-state index contributed by atoms with van der Waals surface area (Å²) in [6, 6.07) is 14.2. The lowest BCUT2D eigenvalue weighted by Gasteiger charge is -2.10. The first-order valence-corrected chi connectivity index (χ1v) is 7.45. The third kappa shape index (κ3) is 2.65. The van der Waals surface area contributed by atoms with E-state index in [0.717, 1.165) is 45.0 Å². The molecule has 0 saturated heterocycles. The minimum absolute atomic E-state index is 0. The highest BCUT2D eigenvalue weighted by Crippen LogP contribution is 2.34. The number of fused-ring (bicyclic) bond motifs is 1. The van der Waals surface area contributed by atoms with E-state index in [1.165, 1.54) is 0 Å². The standard InChI is InChI=1S/C18H16N4O.CH4/c1-11-17(12(2)23-22-11)13-8-15-18(20-10-19-15)16(9-13)21-14-6-4-3-5-7-14;/h3-10,21H,1-2H3,(H,19,20);1H4. The third-order valence-corrected chi connectivity index (χ3v) is 3.90. The molecule has 2 aromatic carbocycles. The van der Waals surface area contributed by atoms with Crippen LogP contribution in [0.25, 0.3) is 22.2 Å². The molecule has 0 aliphatic heterocycles. The predicted molar refractivity (Wildman–Crippen MR) is 97.5 cm³/mol. The van der Waals surface area contributed by atoms with E-state index in [-0.39, 0.29) is 7.43 Å². The first-order valence-electron chi connectivity index (χ1n) is 7.45. The number of hydrogen-bond donors (Lipinski definition) is 2. The Morgan fingerprint density at radius 2 is 1.88 bits per heavy atom. The average Bonchev–Trinajstić information content (AvgIpc) is 3.15. The van der Waals surface area contributed by atoms with E-state index in [1.54, 1.807) is 6.33 Å². The number of nitrogens with zero attached hydrogens (tertiary/aromatic N) is 2. The van der Waals surface area contributed by atoms with Gasteiger partial charge in [-0.25, -0.2) is 4.98 Å². The van der Waals surface area contributed by atoms with E-state index in [0.29, 0.717) is 0 Å². The van der Waals surface area contributed by atoms with Crippen molar-refractivity contribution in [1.82, 2.24) is 15.1 Å². The van der Waals surface area contributed by atoms with Crippen LogP contribution in [0.5, 0.6) is 0 Å². The van der Waals surface area contributed by atoms with Crippen LogP contribution in [-0.2, 0) is 0 Å². The van der Waals surface area contributed by atoms with Gasteiger partial charge in [0.2, 0.25) is 0 Å². The van der Waals surface area contributed by atoms with Gasteiger partial charge in [0.25, 0.3) is 0 Å². The molecule has 2 N–H and O–H groups in total. The highest BCUT2D eigenvalue weighted by Gasteiger charge is 2.15. The first-order chi connectivity index (χ1) is 11.2. The molecule has 2 aromatic heterocycles. The van der Waals surface area contributed by atoms with Gasteiger partial charge in [-0.2, -0.15) is 0 Å². The molecule has 0 radical (unpaired) electrons. The number of H-pyrrole nitrogens is 1. The zero-order valence-corrected chi connectivity index (χ0v) is 12.9. The maximum Gasteiger partial charge on any atom is 0.141 e. The van der Waals surface area contributed by atoms with Crippen LogP contribution in [-0.4, -0.2) is 15.1 Å². The van der Waals surface area contributed by atoms with E-state index >= 15 is 0 Å². The molecule has 4 rings (SSSR count). The number of rotatable bonds is 3. The second kappa shape index (κ2) is 6.20. The number of aromatic nitrogens is 3. The summed E-state index contributed by atoms with van der Waals surface area (Å²) in [5, 5.41) is 7.49. The van der Waals surface area contributed by atoms with Crippen LogP contribution in [0.4, 0.5) is 11.4 Å². The minimum atomic E-state index is 0. The molecule has 122 valence electrons. The number of aromatic amines is 1. The Labute approximate surface area is 140 Å². The molecule has 4 aromatic rings. The zero-order valence-electron chi connectivity index (χ0n) is 12.9. The van der Waals surface area contributed by atoms with Crippen molar-refractivity contribution in [2.45, 2.75) is 21.3 Å². The van der Waals surface area contributed by atoms with Crippen molar-refractivity contribution in [2.75, 3.05) is 5.32 Å². The van der Waals surface area contributed by atoms with Crippen LogP contribution in [0, 0.1) is 13.8 Å². The SMILES string of the molecule is C.Cc1noc(C)c1-c1cc(Nc2ccccc2)c2nc[nH]c2c1. The van der Waals surface area contributed by atoms with E-state index in [1.807, 2.05) is 44.2 Å². The predicted octanol–water partition coefficient (Wildman–Crippen LogP) is 5.21. The number of benzene rings is 2. The van der Waals surface area contributed by atoms with Crippen molar-refractivity contribution in [3.63, 3.8) is 0 Å². The van der Waals surface area contributed by atoms with Crippen LogP contribution in [0.15, 0.2) is 53.3 Å². The lowest BCUT2D eigenvalue weighted by atomic mass is 10.0. The van der Waals surface area contributed by atoms with Gasteiger partial charge in [-0.15, -0.1) is 0 Å². The second-order valence-electron chi connectivity index (χ2n) is 5.51. The van der Waals surface area contributed by atoms with E-state index in [9.17, 15) is 0 Å². The van der Waals surface area contributed by atoms with Crippen molar-refractivity contribution in [3.05, 3.63) is 60.2 Å². The Balaban J connectivity index is 0.00000169. The Morgan fingerprint density at radius 3 is 2.58 bits per heavy atom.